The topological polar surface area (TPSA) is 73.9 Å². The molecule has 1 unspecified atom stereocenters. The molecule has 0 radical (unpaired) electrons. The normalized spacial score (nSPS) is 14.8. The smallest absolute Gasteiger partial charge is 0.407 e. The Morgan fingerprint density at radius 3 is 2.19 bits per heavy atom. The first-order valence-electron chi connectivity index (χ1n) is 10.0. The third kappa shape index (κ3) is 12.1. The second-order valence-electron chi connectivity index (χ2n) is 9.41. The summed E-state index contributed by atoms with van der Waals surface area (Å²) in [4.78, 5) is 23.9. The van der Waals surface area contributed by atoms with E-state index in [9.17, 15) is 9.59 Å². The highest BCUT2D eigenvalue weighted by atomic mass is 28.2. The molecule has 0 aromatic rings. The minimum absolute atomic E-state index is 0.0219. The minimum Gasteiger partial charge on any atom is -0.459 e. The van der Waals surface area contributed by atoms with Crippen LogP contribution in [0.25, 0.3) is 0 Å². The molecule has 1 atom stereocenters. The Morgan fingerprint density at radius 1 is 1.04 bits per heavy atom. The van der Waals surface area contributed by atoms with Crippen LogP contribution in [0.5, 0.6) is 0 Å². The van der Waals surface area contributed by atoms with Crippen LogP contribution in [-0.2, 0) is 18.7 Å². The molecule has 0 fully saturated rings. The van der Waals surface area contributed by atoms with Crippen LogP contribution < -0.4 is 5.32 Å². The Labute approximate surface area is 168 Å². The number of ether oxygens (including phenoxy) is 2. The van der Waals surface area contributed by atoms with Crippen molar-refractivity contribution >= 4 is 21.8 Å². The number of amides is 1. The molecule has 0 bridgehead atoms. The molecule has 0 heterocycles. The zero-order valence-electron chi connectivity index (χ0n) is 18.7. The summed E-state index contributed by atoms with van der Waals surface area (Å²) >= 11 is 0. The number of esters is 1. The highest BCUT2D eigenvalue weighted by Gasteiger charge is 2.43. The monoisotopic (exact) mass is 403 g/mol. The Kier molecular flexibility index (Phi) is 11.2. The summed E-state index contributed by atoms with van der Waals surface area (Å²) in [5.74, 6) is -0.341. The van der Waals surface area contributed by atoms with Gasteiger partial charge in [0, 0.05) is 18.6 Å². The maximum atomic E-state index is 12.3. The van der Waals surface area contributed by atoms with Crippen LogP contribution in [0.2, 0.25) is 6.04 Å². The lowest BCUT2D eigenvalue weighted by atomic mass is 9.69. The van der Waals surface area contributed by atoms with Crippen molar-refractivity contribution in [3.8, 4) is 0 Å². The Balaban J connectivity index is 4.24. The molecule has 0 aromatic heterocycles. The van der Waals surface area contributed by atoms with Crippen LogP contribution in [0.1, 0.15) is 74.7 Å². The van der Waals surface area contributed by atoms with Gasteiger partial charge >= 0.3 is 12.1 Å². The van der Waals surface area contributed by atoms with Crippen LogP contribution in [0.15, 0.2) is 0 Å². The van der Waals surface area contributed by atoms with Crippen molar-refractivity contribution in [3.63, 3.8) is 0 Å². The maximum Gasteiger partial charge on any atom is 0.407 e. The fourth-order valence-electron chi connectivity index (χ4n) is 2.71. The minimum atomic E-state index is -0.588. The molecular formula is C20H41NO5Si. The fourth-order valence-corrected chi connectivity index (χ4v) is 3.66. The summed E-state index contributed by atoms with van der Waals surface area (Å²) in [5.41, 5.74) is -0.752. The highest BCUT2D eigenvalue weighted by molar-refractivity contribution is 6.26. The summed E-state index contributed by atoms with van der Waals surface area (Å²) in [6.45, 7) is 17.9. The van der Waals surface area contributed by atoms with Crippen molar-refractivity contribution in [2.45, 2.75) is 86.3 Å². The molecule has 0 saturated carbocycles. The molecule has 0 spiro atoms. The first-order chi connectivity index (χ1) is 12.3. The third-order valence-corrected chi connectivity index (χ3v) is 6.01. The molecule has 6 nitrogen and oxygen atoms in total. The van der Waals surface area contributed by atoms with E-state index in [4.69, 9.17) is 13.9 Å². The van der Waals surface area contributed by atoms with Gasteiger partial charge in [0.25, 0.3) is 0 Å². The van der Waals surface area contributed by atoms with E-state index in [-0.39, 0.29) is 29.8 Å². The van der Waals surface area contributed by atoms with E-state index in [0.29, 0.717) is 6.54 Å². The number of carbonyl (C=O) groups excluding carboxylic acids is 2. The van der Waals surface area contributed by atoms with Gasteiger partial charge in [0.05, 0.1) is 6.42 Å². The first kappa shape index (κ1) is 25.9. The van der Waals surface area contributed by atoms with Gasteiger partial charge in [-0.05, 0) is 38.1 Å². The highest BCUT2D eigenvalue weighted by Crippen LogP contribution is 2.42. The third-order valence-electron chi connectivity index (χ3n) is 4.52. The molecule has 160 valence electrons. The van der Waals surface area contributed by atoms with Gasteiger partial charge in [-0.25, -0.2) is 4.79 Å². The molecule has 7 heteroatoms. The number of nitrogens with one attached hydrogen (secondary N) is 1. The summed E-state index contributed by atoms with van der Waals surface area (Å²) in [5, 5.41) is 2.69. The van der Waals surface area contributed by atoms with E-state index in [1.807, 2.05) is 13.8 Å². The van der Waals surface area contributed by atoms with E-state index in [1.165, 1.54) is 0 Å². The van der Waals surface area contributed by atoms with E-state index >= 15 is 0 Å². The number of rotatable bonds is 11. The first-order valence-corrected chi connectivity index (χ1v) is 11.6. The number of hydrogen-bond acceptors (Lipinski definition) is 5. The van der Waals surface area contributed by atoms with Crippen molar-refractivity contribution in [1.82, 2.24) is 5.32 Å². The Bertz CT molecular complexity index is 456. The second-order valence-corrected chi connectivity index (χ2v) is 10.9. The van der Waals surface area contributed by atoms with Crippen LogP contribution in [0, 0.1) is 10.8 Å². The van der Waals surface area contributed by atoms with E-state index in [2.05, 4.69) is 46.9 Å². The number of carbonyl (C=O) groups is 2. The predicted molar refractivity (Wildman–Crippen MR) is 112 cm³/mol. The van der Waals surface area contributed by atoms with E-state index in [1.54, 1.807) is 0 Å². The van der Waals surface area contributed by atoms with Gasteiger partial charge in [-0.15, -0.1) is 0 Å². The van der Waals surface area contributed by atoms with Crippen molar-refractivity contribution in [2.75, 3.05) is 19.8 Å². The average molecular weight is 404 g/mol. The van der Waals surface area contributed by atoms with Crippen molar-refractivity contribution < 1.29 is 23.5 Å². The number of hydrogen-bond donors (Lipinski definition) is 1. The van der Waals surface area contributed by atoms with Crippen LogP contribution in [0.3, 0.4) is 0 Å². The molecule has 0 aliphatic carbocycles. The van der Waals surface area contributed by atoms with Gasteiger partial charge in [-0.2, -0.15) is 0 Å². The fraction of sp³-hybridized carbons (Fsp3) is 0.900. The van der Waals surface area contributed by atoms with Gasteiger partial charge in [0.15, 0.2) is 9.76 Å². The molecule has 0 saturated heterocycles. The Morgan fingerprint density at radius 2 is 1.67 bits per heavy atom. The summed E-state index contributed by atoms with van der Waals surface area (Å²) in [6.07, 6.45) is 1.21. The average Bonchev–Trinajstić information content (AvgIpc) is 2.47. The maximum absolute atomic E-state index is 12.3. The molecule has 0 rings (SSSR count). The number of alkyl carbamates (subject to hydrolysis) is 1. The van der Waals surface area contributed by atoms with Crippen molar-refractivity contribution in [1.29, 1.82) is 0 Å². The Hall–Kier alpha value is -1.08. The predicted octanol–water partition coefficient (Wildman–Crippen LogP) is 3.82. The molecule has 0 aromatic carbocycles. The molecule has 27 heavy (non-hydrogen) atoms. The van der Waals surface area contributed by atoms with Crippen LogP contribution in [-0.4, -0.2) is 47.2 Å². The summed E-state index contributed by atoms with van der Waals surface area (Å²) in [7, 11) is -0.455. The van der Waals surface area contributed by atoms with Crippen LogP contribution >= 0.6 is 0 Å². The molecular weight excluding hydrogens is 362 g/mol. The lowest BCUT2D eigenvalue weighted by Gasteiger charge is -2.44. The standard InChI is InChI=1S/C20H41NO5Si/c1-9-25-27-14-10-12-21-17(23)24-13-11-16(22)26-20(8,19(5,6)7)15-18(2,3)4/h9-15,27H2,1-8H3,(H,21,23). The quantitative estimate of drug-likeness (QED) is 0.322. The second kappa shape index (κ2) is 11.7. The molecule has 1 amide bonds. The summed E-state index contributed by atoms with van der Waals surface area (Å²) in [6, 6.07) is 1.03. The van der Waals surface area contributed by atoms with Crippen LogP contribution in [0.4, 0.5) is 4.79 Å². The molecule has 0 aliphatic heterocycles. The van der Waals surface area contributed by atoms with Gasteiger partial charge in [-0.3, -0.25) is 4.79 Å². The SMILES string of the molecule is CCO[SiH2]CCCNC(=O)OCCC(=O)OC(C)(CC(C)(C)C)C(C)(C)C. The van der Waals surface area contributed by atoms with E-state index in [0.717, 1.165) is 25.5 Å². The van der Waals surface area contributed by atoms with E-state index < -0.39 is 21.5 Å². The van der Waals surface area contributed by atoms with Gasteiger partial charge in [0.1, 0.15) is 12.2 Å². The van der Waals surface area contributed by atoms with Crippen molar-refractivity contribution in [2.24, 2.45) is 10.8 Å². The van der Waals surface area contributed by atoms with Crippen molar-refractivity contribution in [3.05, 3.63) is 0 Å². The molecule has 0 aliphatic rings. The zero-order chi connectivity index (χ0) is 21.1. The molecule has 1 N–H and O–H groups in total. The van der Waals surface area contributed by atoms with Gasteiger partial charge < -0.3 is 19.2 Å². The van der Waals surface area contributed by atoms with Gasteiger partial charge in [-0.1, -0.05) is 41.5 Å². The lowest BCUT2D eigenvalue weighted by Crippen LogP contribution is -2.47. The zero-order valence-corrected chi connectivity index (χ0v) is 20.1. The largest absolute Gasteiger partial charge is 0.459 e. The van der Waals surface area contributed by atoms with Gasteiger partial charge in [0.2, 0.25) is 0 Å². The summed E-state index contributed by atoms with van der Waals surface area (Å²) < 4.78 is 16.3. The lowest BCUT2D eigenvalue weighted by molar-refractivity contribution is -0.175.